The molecule has 0 radical (unpaired) electrons. The van der Waals surface area contributed by atoms with Crippen molar-refractivity contribution in [2.75, 3.05) is 5.32 Å². The van der Waals surface area contributed by atoms with E-state index in [1.54, 1.807) is 12.1 Å². The van der Waals surface area contributed by atoms with Crippen LogP contribution in [-0.2, 0) is 0 Å². The summed E-state index contributed by atoms with van der Waals surface area (Å²) < 4.78 is 71.1. The molecule has 24 heavy (non-hydrogen) atoms. The van der Waals surface area contributed by atoms with Crippen LogP contribution in [0.15, 0.2) is 47.1 Å². The molecule has 0 aliphatic rings. The maximum atomic E-state index is 12.9. The van der Waals surface area contributed by atoms with Crippen molar-refractivity contribution in [1.29, 1.82) is 0 Å². The fraction of sp³-hybridized carbons (Fsp3) is 0.143. The lowest BCUT2D eigenvalue weighted by Gasteiger charge is -2.20. The fourth-order valence-electron chi connectivity index (χ4n) is 1.84. The molecule has 2 heterocycles. The number of ether oxygens (including phenoxy) is 1. The Balaban J connectivity index is 1.83. The van der Waals surface area contributed by atoms with Gasteiger partial charge in [0.15, 0.2) is 11.1 Å². The van der Waals surface area contributed by atoms with Crippen molar-refractivity contribution < 1.29 is 31.2 Å². The van der Waals surface area contributed by atoms with E-state index in [1.165, 1.54) is 18.3 Å². The van der Waals surface area contributed by atoms with Crippen molar-refractivity contribution in [3.63, 3.8) is 0 Å². The molecule has 0 amide bonds. The molecule has 126 valence electrons. The molecule has 0 bridgehead atoms. The van der Waals surface area contributed by atoms with Gasteiger partial charge in [-0.25, -0.2) is 4.98 Å². The molecule has 0 aliphatic heterocycles. The monoisotopic (exact) mass is 345 g/mol. The largest absolute Gasteiger partial charge is 0.499 e. The van der Waals surface area contributed by atoms with Crippen LogP contribution in [0, 0.1) is 0 Å². The summed E-state index contributed by atoms with van der Waals surface area (Å²) in [5, 5.41) is 6.43. The minimum Gasteiger partial charge on any atom is -0.426 e. The normalized spacial score (nSPS) is 12.4. The van der Waals surface area contributed by atoms with Crippen molar-refractivity contribution in [3.05, 3.63) is 42.6 Å². The van der Waals surface area contributed by atoms with Gasteiger partial charge in [0.25, 0.3) is 0 Å². The molecule has 0 unspecified atom stereocenters. The van der Waals surface area contributed by atoms with Crippen LogP contribution in [0.2, 0.25) is 0 Å². The van der Waals surface area contributed by atoms with Gasteiger partial charge in [0.05, 0.1) is 0 Å². The standard InChI is InChI=1S/C14H8F5N3O2/c15-13(16,17)14(18,19)23-9-4-1-3-8(7-9)21-12-11-10(24-22-12)5-2-6-20-11/h1-7H,(H,21,22). The molecule has 3 aromatic rings. The third-order valence-electron chi connectivity index (χ3n) is 2.90. The molecule has 0 spiro atoms. The van der Waals surface area contributed by atoms with Gasteiger partial charge in [-0.3, -0.25) is 0 Å². The van der Waals surface area contributed by atoms with Crippen LogP contribution in [0.4, 0.5) is 33.5 Å². The first-order valence-electron chi connectivity index (χ1n) is 6.47. The summed E-state index contributed by atoms with van der Waals surface area (Å²) in [6, 6.07) is 7.88. The zero-order valence-corrected chi connectivity index (χ0v) is 11.6. The number of hydrogen-bond acceptors (Lipinski definition) is 5. The maximum Gasteiger partial charge on any atom is 0.499 e. The first-order chi connectivity index (χ1) is 11.3. The van der Waals surface area contributed by atoms with Crippen molar-refractivity contribution in [1.82, 2.24) is 10.1 Å². The van der Waals surface area contributed by atoms with Crippen molar-refractivity contribution in [2.24, 2.45) is 0 Å². The zero-order valence-electron chi connectivity index (χ0n) is 11.6. The number of halogens is 5. The molecule has 3 rings (SSSR count). The molecule has 0 atom stereocenters. The van der Waals surface area contributed by atoms with E-state index >= 15 is 0 Å². The molecule has 1 aromatic carbocycles. The number of pyridine rings is 1. The number of rotatable bonds is 4. The van der Waals surface area contributed by atoms with E-state index in [0.29, 0.717) is 11.1 Å². The molecule has 0 aliphatic carbocycles. The Morgan fingerprint density at radius 2 is 1.83 bits per heavy atom. The van der Waals surface area contributed by atoms with Crippen LogP contribution in [0.1, 0.15) is 0 Å². The Bertz CT molecular complexity index is 863. The summed E-state index contributed by atoms with van der Waals surface area (Å²) in [4.78, 5) is 4.03. The Morgan fingerprint density at radius 3 is 2.58 bits per heavy atom. The number of anilines is 2. The molecule has 0 fully saturated rings. The van der Waals surface area contributed by atoms with Crippen LogP contribution < -0.4 is 10.1 Å². The Kier molecular flexibility index (Phi) is 3.74. The highest BCUT2D eigenvalue weighted by Gasteiger charge is 2.61. The van der Waals surface area contributed by atoms with E-state index in [0.717, 1.165) is 12.1 Å². The Hall–Kier alpha value is -2.91. The molecule has 5 nitrogen and oxygen atoms in total. The van der Waals surface area contributed by atoms with Crippen LogP contribution >= 0.6 is 0 Å². The molecule has 10 heteroatoms. The van der Waals surface area contributed by atoms with Crippen molar-refractivity contribution >= 4 is 22.6 Å². The predicted octanol–water partition coefficient (Wildman–Crippen LogP) is 4.50. The van der Waals surface area contributed by atoms with Gasteiger partial charge in [-0.15, -0.1) is 0 Å². The second kappa shape index (κ2) is 5.62. The average Bonchev–Trinajstić information content (AvgIpc) is 2.89. The first kappa shape index (κ1) is 16.0. The summed E-state index contributed by atoms with van der Waals surface area (Å²) in [6.45, 7) is 0. The number of nitrogens with one attached hydrogen (secondary N) is 1. The molecule has 1 N–H and O–H groups in total. The smallest absolute Gasteiger partial charge is 0.426 e. The number of hydrogen-bond donors (Lipinski definition) is 1. The lowest BCUT2D eigenvalue weighted by atomic mass is 10.3. The number of alkyl halides is 5. The van der Waals surface area contributed by atoms with Gasteiger partial charge in [0.1, 0.15) is 5.75 Å². The van der Waals surface area contributed by atoms with Crippen LogP contribution in [0.25, 0.3) is 11.1 Å². The lowest BCUT2D eigenvalue weighted by molar-refractivity contribution is -0.360. The summed E-state index contributed by atoms with van der Waals surface area (Å²) in [5.41, 5.74) is 0.937. The van der Waals surface area contributed by atoms with Gasteiger partial charge in [0.2, 0.25) is 5.82 Å². The second-order valence-corrected chi connectivity index (χ2v) is 4.65. The SMILES string of the molecule is FC(F)(F)C(F)(F)Oc1cccc(Nc2noc3cccnc23)c1. The summed E-state index contributed by atoms with van der Waals surface area (Å²) >= 11 is 0. The minimum absolute atomic E-state index is 0.173. The van der Waals surface area contributed by atoms with Gasteiger partial charge >= 0.3 is 12.3 Å². The quantitative estimate of drug-likeness (QED) is 0.706. The minimum atomic E-state index is -5.82. The van der Waals surface area contributed by atoms with E-state index in [2.05, 4.69) is 20.2 Å². The number of nitrogens with zero attached hydrogens (tertiary/aromatic N) is 2. The summed E-state index contributed by atoms with van der Waals surface area (Å²) in [5.74, 6) is -0.478. The molecular weight excluding hydrogens is 337 g/mol. The maximum absolute atomic E-state index is 12.9. The average molecular weight is 345 g/mol. The number of fused-ring (bicyclic) bond motifs is 1. The van der Waals surface area contributed by atoms with E-state index in [1.807, 2.05) is 0 Å². The van der Waals surface area contributed by atoms with E-state index in [4.69, 9.17) is 4.52 Å². The van der Waals surface area contributed by atoms with Gasteiger partial charge < -0.3 is 14.6 Å². The van der Waals surface area contributed by atoms with Gasteiger partial charge in [0, 0.05) is 18.0 Å². The topological polar surface area (TPSA) is 60.2 Å². The number of benzene rings is 1. The lowest BCUT2D eigenvalue weighted by Crippen LogP contribution is -2.41. The second-order valence-electron chi connectivity index (χ2n) is 4.65. The predicted molar refractivity (Wildman–Crippen MR) is 73.2 cm³/mol. The molecule has 2 aromatic heterocycles. The third-order valence-corrected chi connectivity index (χ3v) is 2.90. The number of aromatic nitrogens is 2. The van der Waals surface area contributed by atoms with Gasteiger partial charge in [-0.2, -0.15) is 22.0 Å². The highest BCUT2D eigenvalue weighted by atomic mass is 19.4. The molecular formula is C14H8F5N3O2. The first-order valence-corrected chi connectivity index (χ1v) is 6.47. The summed E-state index contributed by atoms with van der Waals surface area (Å²) in [6.07, 6.45) is -9.62. The van der Waals surface area contributed by atoms with E-state index in [-0.39, 0.29) is 11.5 Å². The Morgan fingerprint density at radius 1 is 1.04 bits per heavy atom. The zero-order chi connectivity index (χ0) is 17.4. The van der Waals surface area contributed by atoms with Crippen LogP contribution in [0.3, 0.4) is 0 Å². The van der Waals surface area contributed by atoms with Crippen LogP contribution in [0.5, 0.6) is 5.75 Å². The van der Waals surface area contributed by atoms with E-state index < -0.39 is 18.0 Å². The third kappa shape index (κ3) is 3.07. The molecule has 0 saturated heterocycles. The highest BCUT2D eigenvalue weighted by molar-refractivity contribution is 5.85. The van der Waals surface area contributed by atoms with Gasteiger partial charge in [-0.1, -0.05) is 11.2 Å². The fourth-order valence-corrected chi connectivity index (χ4v) is 1.84. The highest BCUT2D eigenvalue weighted by Crippen LogP contribution is 2.38. The van der Waals surface area contributed by atoms with E-state index in [9.17, 15) is 22.0 Å². The van der Waals surface area contributed by atoms with Crippen LogP contribution in [-0.4, -0.2) is 22.4 Å². The summed E-state index contributed by atoms with van der Waals surface area (Å²) in [7, 11) is 0. The molecule has 0 saturated carbocycles. The van der Waals surface area contributed by atoms with Gasteiger partial charge in [-0.05, 0) is 24.3 Å². The van der Waals surface area contributed by atoms with Crippen molar-refractivity contribution in [3.8, 4) is 5.75 Å². The van der Waals surface area contributed by atoms with Crippen molar-refractivity contribution in [2.45, 2.75) is 12.3 Å². The Labute approximate surface area is 131 Å².